The van der Waals surface area contributed by atoms with Crippen LogP contribution in [-0.2, 0) is 25.7 Å². The van der Waals surface area contributed by atoms with Crippen LogP contribution in [0.5, 0.6) is 0 Å². The van der Waals surface area contributed by atoms with Crippen molar-refractivity contribution in [1.29, 1.82) is 0 Å². The molecule has 3 atom stereocenters. The lowest BCUT2D eigenvalue weighted by Crippen LogP contribution is -2.53. The monoisotopic (exact) mass is 519 g/mol. The molecule has 2 heterocycles. The number of nitrogens with zero attached hydrogens (tertiary/aromatic N) is 2. The van der Waals surface area contributed by atoms with Crippen LogP contribution in [0.2, 0.25) is 0 Å². The molecule has 7 heteroatoms. The second-order valence-corrected chi connectivity index (χ2v) is 11.7. The van der Waals surface area contributed by atoms with E-state index in [1.165, 1.54) is 5.56 Å². The number of hydrogen-bond acceptors (Lipinski definition) is 5. The van der Waals surface area contributed by atoms with Crippen molar-refractivity contribution in [2.75, 3.05) is 33.3 Å². The van der Waals surface area contributed by atoms with Crippen molar-refractivity contribution in [3.05, 3.63) is 71.3 Å². The Labute approximate surface area is 226 Å². The molecule has 0 bridgehead atoms. The first-order chi connectivity index (χ1) is 18.0. The third kappa shape index (κ3) is 5.84. The van der Waals surface area contributed by atoms with Gasteiger partial charge in [0.1, 0.15) is 0 Å². The Kier molecular flexibility index (Phi) is 8.38. The molecular weight excluding hydrogens is 478 g/mol. The number of nitrogens with two attached hydrogens (primary N) is 1. The van der Waals surface area contributed by atoms with Crippen molar-refractivity contribution in [3.8, 4) is 0 Å². The molecule has 2 amide bonds. The van der Waals surface area contributed by atoms with Gasteiger partial charge in [0.05, 0.1) is 30.1 Å². The number of likely N-dealkylation sites (tertiary alicyclic amines) is 2. The van der Waals surface area contributed by atoms with E-state index in [0.29, 0.717) is 26.2 Å². The van der Waals surface area contributed by atoms with Gasteiger partial charge in [-0.25, -0.2) is 0 Å². The number of hydrogen-bond donors (Lipinski definition) is 1. The molecule has 0 aliphatic carbocycles. The maximum atomic E-state index is 14.0. The van der Waals surface area contributed by atoms with Gasteiger partial charge in [0, 0.05) is 39.0 Å². The fourth-order valence-electron chi connectivity index (χ4n) is 6.02. The van der Waals surface area contributed by atoms with E-state index < -0.39 is 16.9 Å². The van der Waals surface area contributed by atoms with E-state index >= 15 is 0 Å². The van der Waals surface area contributed by atoms with E-state index in [9.17, 15) is 14.4 Å². The lowest BCUT2D eigenvalue weighted by molar-refractivity contribution is -0.148. The topological polar surface area (TPSA) is 92.9 Å². The molecule has 2 saturated heterocycles. The van der Waals surface area contributed by atoms with Crippen LogP contribution in [-0.4, -0.2) is 66.2 Å². The zero-order chi connectivity index (χ0) is 27.5. The Morgan fingerprint density at radius 3 is 2.50 bits per heavy atom. The first kappa shape index (κ1) is 28.0. The van der Waals surface area contributed by atoms with Crippen molar-refractivity contribution in [2.24, 2.45) is 17.1 Å². The number of carbonyl (C=O) groups excluding carboxylic acids is 3. The fourth-order valence-corrected chi connectivity index (χ4v) is 6.02. The molecule has 0 aromatic heterocycles. The quantitative estimate of drug-likeness (QED) is 0.546. The lowest BCUT2D eigenvalue weighted by atomic mass is 9.68. The average molecular weight is 520 g/mol. The normalized spacial score (nSPS) is 22.7. The van der Waals surface area contributed by atoms with Gasteiger partial charge in [-0.1, -0.05) is 54.6 Å². The number of piperidine rings is 1. The number of ketones is 1. The van der Waals surface area contributed by atoms with Gasteiger partial charge in [0.2, 0.25) is 11.8 Å². The second-order valence-electron chi connectivity index (χ2n) is 11.7. The van der Waals surface area contributed by atoms with Gasteiger partial charge in [-0.15, -0.1) is 0 Å². The molecule has 0 saturated carbocycles. The largest absolute Gasteiger partial charge is 0.376 e. The molecule has 2 aromatic rings. The van der Waals surface area contributed by atoms with Crippen molar-refractivity contribution in [3.63, 3.8) is 0 Å². The van der Waals surface area contributed by atoms with Gasteiger partial charge < -0.3 is 20.3 Å². The first-order valence-electron chi connectivity index (χ1n) is 13.6. The number of carbonyl (C=O) groups is 3. The Bertz CT molecular complexity index is 1160. The third-order valence-corrected chi connectivity index (χ3v) is 8.23. The van der Waals surface area contributed by atoms with Gasteiger partial charge >= 0.3 is 0 Å². The summed E-state index contributed by atoms with van der Waals surface area (Å²) in [6, 6.07) is 18.0. The van der Waals surface area contributed by atoms with Crippen LogP contribution >= 0.6 is 0 Å². The summed E-state index contributed by atoms with van der Waals surface area (Å²) in [5.41, 5.74) is 7.71. The molecule has 2 N–H and O–H groups in total. The van der Waals surface area contributed by atoms with E-state index in [-0.39, 0.29) is 36.5 Å². The smallest absolute Gasteiger partial charge is 0.231 e. The van der Waals surface area contributed by atoms with Crippen LogP contribution in [0.25, 0.3) is 0 Å². The van der Waals surface area contributed by atoms with Gasteiger partial charge in [-0.2, -0.15) is 0 Å². The summed E-state index contributed by atoms with van der Waals surface area (Å²) in [5, 5.41) is 0. The second kappa shape index (κ2) is 11.4. The Morgan fingerprint density at radius 1 is 1.13 bits per heavy atom. The number of amides is 2. The van der Waals surface area contributed by atoms with Crippen molar-refractivity contribution >= 4 is 17.6 Å². The molecule has 0 radical (unpaired) electrons. The molecule has 4 rings (SSSR count). The van der Waals surface area contributed by atoms with Crippen LogP contribution in [0.4, 0.5) is 0 Å². The van der Waals surface area contributed by atoms with Crippen LogP contribution in [0.1, 0.15) is 55.7 Å². The van der Waals surface area contributed by atoms with Crippen molar-refractivity contribution in [2.45, 2.75) is 58.1 Å². The Hall–Kier alpha value is -3.03. The molecule has 2 aromatic carbocycles. The maximum Gasteiger partial charge on any atom is 0.231 e. The Balaban J connectivity index is 1.56. The van der Waals surface area contributed by atoms with E-state index in [4.69, 9.17) is 10.5 Å². The molecule has 7 nitrogen and oxygen atoms in total. The first-order valence-corrected chi connectivity index (χ1v) is 13.6. The minimum absolute atomic E-state index is 0.00851. The molecular formula is C31H41N3O4. The predicted octanol–water partition coefficient (Wildman–Crippen LogP) is 3.69. The van der Waals surface area contributed by atoms with E-state index in [2.05, 4.69) is 19.1 Å². The van der Waals surface area contributed by atoms with Crippen LogP contribution in [0, 0.1) is 18.3 Å². The number of likely N-dealkylation sites (N-methyl/N-ethyl adjacent to an activating group) is 1. The van der Waals surface area contributed by atoms with Crippen molar-refractivity contribution < 1.29 is 19.1 Å². The fraction of sp³-hybridized carbons (Fsp3) is 0.516. The summed E-state index contributed by atoms with van der Waals surface area (Å²) in [6.07, 6.45) is 1.49. The minimum Gasteiger partial charge on any atom is -0.376 e. The highest BCUT2D eigenvalue weighted by atomic mass is 16.5. The van der Waals surface area contributed by atoms with Crippen LogP contribution in [0.3, 0.4) is 0 Å². The number of ether oxygens (including phenoxy) is 1. The summed E-state index contributed by atoms with van der Waals surface area (Å²) in [5.74, 6) is -0.871. The molecule has 2 aliphatic rings. The summed E-state index contributed by atoms with van der Waals surface area (Å²) < 4.78 is 5.95. The molecule has 204 valence electrons. The number of Topliss-reactive ketones (excluding diaryl/α,β-unsaturated/α-hetero) is 1. The SMILES string of the molecule is Cc1ccccc1C1CN(C)C(=O)C12CCCN(C(=O)[C@@H](COCc1ccccc1)CC(=O)C(C)(C)N)C2. The average Bonchev–Trinajstić information content (AvgIpc) is 3.12. The highest BCUT2D eigenvalue weighted by molar-refractivity contribution is 5.93. The minimum atomic E-state index is -1.04. The predicted molar refractivity (Wildman–Crippen MR) is 147 cm³/mol. The molecule has 2 fully saturated rings. The highest BCUT2D eigenvalue weighted by Gasteiger charge is 2.56. The maximum absolute atomic E-state index is 14.0. The van der Waals surface area contributed by atoms with Gasteiger partial charge in [0.15, 0.2) is 5.78 Å². The molecule has 2 aliphatic heterocycles. The van der Waals surface area contributed by atoms with Crippen LogP contribution in [0.15, 0.2) is 54.6 Å². The third-order valence-electron chi connectivity index (χ3n) is 8.23. The number of rotatable bonds is 9. The van der Waals surface area contributed by atoms with Gasteiger partial charge in [-0.05, 0) is 50.3 Å². The number of benzene rings is 2. The van der Waals surface area contributed by atoms with Gasteiger partial charge in [0.25, 0.3) is 0 Å². The standard InChI is InChI=1S/C31H41N3O4/c1-22-11-8-9-14-25(22)26-18-33(4)29(37)31(26)15-10-16-34(21-31)28(36)24(17-27(35)30(2,3)32)20-38-19-23-12-6-5-7-13-23/h5-9,11-14,24,26H,10,15-21,32H2,1-4H3/t24-,26?,31?/m1/s1. The lowest BCUT2D eigenvalue weighted by Gasteiger charge is -2.43. The summed E-state index contributed by atoms with van der Waals surface area (Å²) in [6.45, 7) is 7.43. The summed E-state index contributed by atoms with van der Waals surface area (Å²) >= 11 is 0. The van der Waals surface area contributed by atoms with E-state index in [1.807, 2.05) is 54.4 Å². The highest BCUT2D eigenvalue weighted by Crippen LogP contribution is 2.50. The van der Waals surface area contributed by atoms with Crippen molar-refractivity contribution in [1.82, 2.24) is 9.80 Å². The Morgan fingerprint density at radius 2 is 1.82 bits per heavy atom. The van der Waals surface area contributed by atoms with Gasteiger partial charge in [-0.3, -0.25) is 14.4 Å². The zero-order valence-corrected chi connectivity index (χ0v) is 23.1. The number of aryl methyl sites for hydroxylation is 1. The zero-order valence-electron chi connectivity index (χ0n) is 23.1. The van der Waals surface area contributed by atoms with Crippen LogP contribution < -0.4 is 5.73 Å². The molecule has 38 heavy (non-hydrogen) atoms. The summed E-state index contributed by atoms with van der Waals surface area (Å²) in [7, 11) is 1.85. The molecule has 1 spiro atoms. The van der Waals surface area contributed by atoms with E-state index in [1.54, 1.807) is 18.7 Å². The summed E-state index contributed by atoms with van der Waals surface area (Å²) in [4.78, 5) is 44.1. The van der Waals surface area contributed by atoms with E-state index in [0.717, 1.165) is 24.0 Å². The molecule has 2 unspecified atom stereocenters.